The molecule has 1 fully saturated rings. The Kier molecular flexibility index (Phi) is 5.85. The molecule has 2 atom stereocenters. The fraction of sp³-hybridized carbons (Fsp3) is 1.00. The van der Waals surface area contributed by atoms with Crippen LogP contribution in [0.25, 0.3) is 0 Å². The predicted molar refractivity (Wildman–Crippen MR) is 69.0 cm³/mol. The summed E-state index contributed by atoms with van der Waals surface area (Å²) in [5.41, 5.74) is 0. The number of sulfone groups is 1. The van der Waals surface area contributed by atoms with E-state index in [0.717, 1.165) is 13.1 Å². The lowest BCUT2D eigenvalue weighted by atomic mass is 10.2. The van der Waals surface area contributed by atoms with E-state index >= 15 is 0 Å². The van der Waals surface area contributed by atoms with Crippen molar-refractivity contribution >= 4 is 9.84 Å². The summed E-state index contributed by atoms with van der Waals surface area (Å²) in [7, 11) is -1.13. The summed E-state index contributed by atoms with van der Waals surface area (Å²) < 4.78 is 27.9. The van der Waals surface area contributed by atoms with Crippen LogP contribution in [-0.2, 0) is 14.6 Å². The number of nitrogens with zero attached hydrogens (tertiary/aromatic N) is 1. The fourth-order valence-electron chi connectivity index (χ4n) is 2.27. The molecule has 0 aromatic carbocycles. The van der Waals surface area contributed by atoms with Crippen LogP contribution in [0.3, 0.4) is 0 Å². The van der Waals surface area contributed by atoms with Gasteiger partial charge < -0.3 is 10.1 Å². The SMILES string of the molecule is COCCNCC(C)N1CCS(=O)(=O)CC1C. The molecular weight excluding hydrogens is 240 g/mol. The molecule has 1 aliphatic heterocycles. The zero-order valence-corrected chi connectivity index (χ0v) is 11.8. The summed E-state index contributed by atoms with van der Waals surface area (Å²) >= 11 is 0. The van der Waals surface area contributed by atoms with Gasteiger partial charge in [0.25, 0.3) is 0 Å². The van der Waals surface area contributed by atoms with Crippen LogP contribution in [0.15, 0.2) is 0 Å². The maximum atomic E-state index is 11.5. The van der Waals surface area contributed by atoms with Crippen LogP contribution in [0.4, 0.5) is 0 Å². The zero-order valence-electron chi connectivity index (χ0n) is 11.0. The van der Waals surface area contributed by atoms with Crippen LogP contribution in [0.5, 0.6) is 0 Å². The number of hydrogen-bond acceptors (Lipinski definition) is 5. The molecular formula is C11H24N2O3S. The second kappa shape index (κ2) is 6.68. The monoisotopic (exact) mass is 264 g/mol. The Bertz CT molecular complexity index is 319. The molecule has 0 spiro atoms. The average Bonchev–Trinajstić information content (AvgIpc) is 2.23. The molecule has 5 nitrogen and oxygen atoms in total. The first kappa shape index (κ1) is 14.9. The van der Waals surface area contributed by atoms with Crippen molar-refractivity contribution in [3.8, 4) is 0 Å². The van der Waals surface area contributed by atoms with E-state index in [4.69, 9.17) is 4.74 Å². The maximum absolute atomic E-state index is 11.5. The third-order valence-corrected chi connectivity index (χ3v) is 5.01. The number of ether oxygens (including phenoxy) is 1. The van der Waals surface area contributed by atoms with Crippen molar-refractivity contribution in [1.82, 2.24) is 10.2 Å². The first-order chi connectivity index (χ1) is 7.96. The van der Waals surface area contributed by atoms with Crippen LogP contribution in [0.1, 0.15) is 13.8 Å². The van der Waals surface area contributed by atoms with Gasteiger partial charge in [0.1, 0.15) is 0 Å². The van der Waals surface area contributed by atoms with Gasteiger partial charge in [-0.2, -0.15) is 0 Å². The van der Waals surface area contributed by atoms with Gasteiger partial charge >= 0.3 is 0 Å². The van der Waals surface area contributed by atoms with Crippen molar-refractivity contribution in [3.63, 3.8) is 0 Å². The van der Waals surface area contributed by atoms with Gasteiger partial charge in [-0.3, -0.25) is 4.90 Å². The Labute approximate surface area is 104 Å². The molecule has 6 heteroatoms. The molecule has 1 rings (SSSR count). The topological polar surface area (TPSA) is 58.6 Å². The largest absolute Gasteiger partial charge is 0.383 e. The molecule has 2 unspecified atom stereocenters. The molecule has 17 heavy (non-hydrogen) atoms. The van der Waals surface area contributed by atoms with Crippen LogP contribution >= 0.6 is 0 Å². The Morgan fingerprint density at radius 2 is 2.24 bits per heavy atom. The minimum Gasteiger partial charge on any atom is -0.383 e. The fourth-order valence-corrected chi connectivity index (χ4v) is 3.85. The van der Waals surface area contributed by atoms with E-state index < -0.39 is 9.84 Å². The lowest BCUT2D eigenvalue weighted by Gasteiger charge is -2.37. The molecule has 102 valence electrons. The molecule has 1 N–H and O–H groups in total. The van der Waals surface area contributed by atoms with Gasteiger partial charge in [-0.15, -0.1) is 0 Å². The minimum absolute atomic E-state index is 0.118. The molecule has 0 bridgehead atoms. The summed E-state index contributed by atoms with van der Waals surface area (Å²) in [4.78, 5) is 2.26. The van der Waals surface area contributed by atoms with Crippen LogP contribution in [-0.4, -0.2) is 70.3 Å². The van der Waals surface area contributed by atoms with Crippen molar-refractivity contribution < 1.29 is 13.2 Å². The van der Waals surface area contributed by atoms with Crippen molar-refractivity contribution in [2.75, 3.05) is 44.9 Å². The van der Waals surface area contributed by atoms with Gasteiger partial charge in [0.15, 0.2) is 9.84 Å². The van der Waals surface area contributed by atoms with Gasteiger partial charge in [0, 0.05) is 38.8 Å². The highest BCUT2D eigenvalue weighted by Gasteiger charge is 2.30. The van der Waals surface area contributed by atoms with E-state index in [2.05, 4.69) is 17.1 Å². The standard InChI is InChI=1S/C11H24N2O3S/c1-10(8-12-4-6-16-3)13-5-7-17(14,15)9-11(13)2/h10-12H,4-9H2,1-3H3. The van der Waals surface area contributed by atoms with Crippen molar-refractivity contribution in [3.05, 3.63) is 0 Å². The number of nitrogens with one attached hydrogen (secondary N) is 1. The van der Waals surface area contributed by atoms with E-state index in [9.17, 15) is 8.42 Å². The van der Waals surface area contributed by atoms with Crippen molar-refractivity contribution in [1.29, 1.82) is 0 Å². The van der Waals surface area contributed by atoms with Crippen LogP contribution in [0.2, 0.25) is 0 Å². The zero-order chi connectivity index (χ0) is 12.9. The molecule has 1 saturated heterocycles. The summed E-state index contributed by atoms with van der Waals surface area (Å²) in [6.45, 7) is 7.18. The van der Waals surface area contributed by atoms with E-state index in [1.165, 1.54) is 0 Å². The molecule has 0 aromatic rings. The highest BCUT2D eigenvalue weighted by Crippen LogP contribution is 2.14. The second-order valence-electron chi connectivity index (χ2n) is 4.75. The van der Waals surface area contributed by atoms with Gasteiger partial charge in [-0.1, -0.05) is 0 Å². The first-order valence-electron chi connectivity index (χ1n) is 6.12. The highest BCUT2D eigenvalue weighted by molar-refractivity contribution is 7.91. The minimum atomic E-state index is -2.81. The smallest absolute Gasteiger partial charge is 0.153 e. The van der Waals surface area contributed by atoms with E-state index in [1.807, 2.05) is 6.92 Å². The Morgan fingerprint density at radius 1 is 1.53 bits per heavy atom. The molecule has 0 saturated carbocycles. The molecule has 0 aromatic heterocycles. The van der Waals surface area contributed by atoms with Crippen LogP contribution in [0, 0.1) is 0 Å². The molecule has 0 radical (unpaired) electrons. The molecule has 0 amide bonds. The quantitative estimate of drug-likeness (QED) is 0.669. The lowest BCUT2D eigenvalue weighted by Crippen LogP contribution is -2.53. The van der Waals surface area contributed by atoms with Crippen LogP contribution < -0.4 is 5.32 Å². The van der Waals surface area contributed by atoms with Crippen molar-refractivity contribution in [2.45, 2.75) is 25.9 Å². The van der Waals surface area contributed by atoms with E-state index in [1.54, 1.807) is 7.11 Å². The number of rotatable bonds is 6. The van der Waals surface area contributed by atoms with Crippen molar-refractivity contribution in [2.24, 2.45) is 0 Å². The predicted octanol–water partition coefficient (Wildman–Crippen LogP) is -0.270. The first-order valence-corrected chi connectivity index (χ1v) is 7.94. The summed E-state index contributed by atoms with van der Waals surface area (Å²) in [6.07, 6.45) is 0. The second-order valence-corrected chi connectivity index (χ2v) is 6.98. The Hall–Kier alpha value is -0.170. The summed E-state index contributed by atoms with van der Waals surface area (Å²) in [5, 5.41) is 3.31. The summed E-state index contributed by atoms with van der Waals surface area (Å²) in [6, 6.07) is 0.477. The molecule has 0 aliphatic carbocycles. The van der Waals surface area contributed by atoms with Gasteiger partial charge in [0.05, 0.1) is 18.1 Å². The van der Waals surface area contributed by atoms with Gasteiger partial charge in [0.2, 0.25) is 0 Å². The number of hydrogen-bond donors (Lipinski definition) is 1. The molecule has 1 aliphatic rings. The molecule has 1 heterocycles. The Morgan fingerprint density at radius 3 is 2.82 bits per heavy atom. The highest BCUT2D eigenvalue weighted by atomic mass is 32.2. The van der Waals surface area contributed by atoms with E-state index in [-0.39, 0.29) is 11.8 Å². The van der Waals surface area contributed by atoms with E-state index in [0.29, 0.717) is 24.9 Å². The summed E-state index contributed by atoms with van der Waals surface area (Å²) in [5.74, 6) is 0.579. The van der Waals surface area contributed by atoms with Gasteiger partial charge in [-0.25, -0.2) is 8.42 Å². The lowest BCUT2D eigenvalue weighted by molar-refractivity contribution is 0.158. The Balaban J connectivity index is 2.34. The van der Waals surface area contributed by atoms with Gasteiger partial charge in [-0.05, 0) is 13.8 Å². The third kappa shape index (κ3) is 4.91. The number of methoxy groups -OCH3 is 1. The third-order valence-electron chi connectivity index (χ3n) is 3.21. The average molecular weight is 264 g/mol. The maximum Gasteiger partial charge on any atom is 0.153 e. The normalized spacial score (nSPS) is 26.9.